The smallest absolute Gasteiger partial charge is 0.268 e. The van der Waals surface area contributed by atoms with E-state index >= 15 is 0 Å². The third-order valence-electron chi connectivity index (χ3n) is 3.90. The van der Waals surface area contributed by atoms with Gasteiger partial charge in [-0.1, -0.05) is 12.1 Å². The number of aromatic nitrogens is 2. The molecule has 126 valence electrons. The molecule has 1 unspecified atom stereocenters. The van der Waals surface area contributed by atoms with Gasteiger partial charge in [0.25, 0.3) is 5.56 Å². The first-order valence-electron chi connectivity index (χ1n) is 7.56. The molecule has 0 saturated carbocycles. The van der Waals surface area contributed by atoms with E-state index in [9.17, 15) is 14.3 Å². The predicted molar refractivity (Wildman–Crippen MR) is 92.7 cm³/mol. The Labute approximate surface area is 142 Å². The third kappa shape index (κ3) is 3.69. The summed E-state index contributed by atoms with van der Waals surface area (Å²) in [5.41, 5.74) is 0.816. The maximum atomic E-state index is 13.0. The van der Waals surface area contributed by atoms with Crippen molar-refractivity contribution in [1.82, 2.24) is 15.3 Å². The molecule has 0 radical (unpaired) electrons. The van der Waals surface area contributed by atoms with E-state index in [-0.39, 0.29) is 18.0 Å². The zero-order chi connectivity index (χ0) is 17.2. The second kappa shape index (κ2) is 6.80. The number of nitrogens with zero attached hydrogens (tertiary/aromatic N) is 1. The molecule has 3 N–H and O–H groups in total. The number of hydrogen-bond acceptors (Lipinski definition) is 5. The van der Waals surface area contributed by atoms with E-state index in [1.54, 1.807) is 12.1 Å². The summed E-state index contributed by atoms with van der Waals surface area (Å²) in [4.78, 5) is 19.1. The first-order valence-corrected chi connectivity index (χ1v) is 8.44. The van der Waals surface area contributed by atoms with E-state index in [2.05, 4.69) is 15.3 Å². The number of H-pyrrole nitrogens is 1. The van der Waals surface area contributed by atoms with Crippen molar-refractivity contribution in [1.29, 1.82) is 0 Å². The second-order valence-corrected chi connectivity index (χ2v) is 6.94. The molecule has 5 nitrogen and oxygen atoms in total. The number of aromatic amines is 1. The fourth-order valence-corrected chi connectivity index (χ4v) is 3.26. The summed E-state index contributed by atoms with van der Waals surface area (Å²) in [6, 6.07) is 8.00. The van der Waals surface area contributed by atoms with Gasteiger partial charge < -0.3 is 15.4 Å². The molecular formula is C17H18FN3O2S. The van der Waals surface area contributed by atoms with Crippen LogP contribution >= 0.6 is 11.3 Å². The molecule has 3 aromatic rings. The van der Waals surface area contributed by atoms with Crippen LogP contribution in [0.25, 0.3) is 10.2 Å². The zero-order valence-corrected chi connectivity index (χ0v) is 14.0. The molecule has 24 heavy (non-hydrogen) atoms. The molecule has 2 heterocycles. The highest BCUT2D eigenvalue weighted by Gasteiger charge is 2.23. The Morgan fingerprint density at radius 3 is 2.79 bits per heavy atom. The van der Waals surface area contributed by atoms with Crippen molar-refractivity contribution < 1.29 is 9.50 Å². The van der Waals surface area contributed by atoms with Gasteiger partial charge in [0, 0.05) is 5.54 Å². The Kier molecular flexibility index (Phi) is 4.75. The van der Waals surface area contributed by atoms with Gasteiger partial charge >= 0.3 is 0 Å². The lowest BCUT2D eigenvalue weighted by molar-refractivity contribution is 0.171. The van der Waals surface area contributed by atoms with Crippen molar-refractivity contribution in [3.8, 4) is 0 Å². The number of nitrogens with one attached hydrogen (secondary N) is 2. The number of aliphatic hydroxyl groups excluding tert-OH is 1. The van der Waals surface area contributed by atoms with Gasteiger partial charge in [0.2, 0.25) is 0 Å². The van der Waals surface area contributed by atoms with Crippen molar-refractivity contribution in [3.63, 3.8) is 0 Å². The van der Waals surface area contributed by atoms with Crippen molar-refractivity contribution in [2.45, 2.75) is 25.4 Å². The van der Waals surface area contributed by atoms with Gasteiger partial charge in [0.05, 0.1) is 18.7 Å². The molecule has 7 heteroatoms. The number of fused-ring (bicyclic) bond motifs is 1. The standard InChI is InChI=1S/C17H18FN3O2S/c1-17(10-22,8-11-2-4-12(18)5-3-11)19-9-14-20-13-6-7-24-15(13)16(23)21-14/h2-7,19,22H,8-10H2,1H3,(H,20,21,23). The van der Waals surface area contributed by atoms with E-state index < -0.39 is 5.54 Å². The van der Waals surface area contributed by atoms with Gasteiger partial charge in [-0.25, -0.2) is 9.37 Å². The van der Waals surface area contributed by atoms with Gasteiger partial charge in [0.1, 0.15) is 16.3 Å². The normalized spacial score (nSPS) is 14.0. The molecule has 1 atom stereocenters. The van der Waals surface area contributed by atoms with Gasteiger partial charge in [-0.3, -0.25) is 4.79 Å². The highest BCUT2D eigenvalue weighted by atomic mass is 32.1. The number of rotatable bonds is 6. The van der Waals surface area contributed by atoms with Gasteiger partial charge in [-0.05, 0) is 42.5 Å². The molecule has 1 aromatic carbocycles. The van der Waals surface area contributed by atoms with Crippen molar-refractivity contribution in [2.24, 2.45) is 0 Å². The highest BCUT2D eigenvalue weighted by molar-refractivity contribution is 7.17. The molecule has 0 bridgehead atoms. The summed E-state index contributed by atoms with van der Waals surface area (Å²) in [6.45, 7) is 2.09. The molecule has 0 spiro atoms. The Morgan fingerprint density at radius 1 is 1.33 bits per heavy atom. The average molecular weight is 347 g/mol. The SMILES string of the molecule is CC(CO)(Cc1ccc(F)cc1)NCc1nc2ccsc2c(=O)[nH]1. The highest BCUT2D eigenvalue weighted by Crippen LogP contribution is 2.16. The van der Waals surface area contributed by atoms with Crippen LogP contribution < -0.4 is 10.9 Å². The maximum Gasteiger partial charge on any atom is 0.268 e. The first-order chi connectivity index (χ1) is 11.5. The molecule has 0 aliphatic rings. The van der Waals surface area contributed by atoms with Crippen LogP contribution in [0.15, 0.2) is 40.5 Å². The van der Waals surface area contributed by atoms with E-state index in [1.807, 2.05) is 18.4 Å². The molecule has 0 aliphatic heterocycles. The quantitative estimate of drug-likeness (QED) is 0.639. The molecule has 0 fully saturated rings. The van der Waals surface area contributed by atoms with Crippen LogP contribution in [0.1, 0.15) is 18.3 Å². The Hall–Kier alpha value is -2.09. The van der Waals surface area contributed by atoms with Gasteiger partial charge in [-0.15, -0.1) is 11.3 Å². The van der Waals surface area contributed by atoms with Gasteiger partial charge in [0.15, 0.2) is 0 Å². The lowest BCUT2D eigenvalue weighted by Crippen LogP contribution is -2.47. The maximum absolute atomic E-state index is 13.0. The topological polar surface area (TPSA) is 78.0 Å². The fourth-order valence-electron chi connectivity index (χ4n) is 2.53. The minimum Gasteiger partial charge on any atom is -0.394 e. The van der Waals surface area contributed by atoms with E-state index in [1.165, 1.54) is 23.5 Å². The Morgan fingerprint density at radius 2 is 2.08 bits per heavy atom. The zero-order valence-electron chi connectivity index (χ0n) is 13.2. The van der Waals surface area contributed by atoms with Crippen molar-refractivity contribution in [3.05, 3.63) is 63.3 Å². The number of aliphatic hydroxyl groups is 1. The largest absolute Gasteiger partial charge is 0.394 e. The Balaban J connectivity index is 1.73. The monoisotopic (exact) mass is 347 g/mol. The van der Waals surface area contributed by atoms with Crippen LogP contribution in [0.2, 0.25) is 0 Å². The van der Waals surface area contributed by atoms with Crippen LogP contribution in [-0.2, 0) is 13.0 Å². The van der Waals surface area contributed by atoms with Crippen LogP contribution in [-0.4, -0.2) is 27.2 Å². The first kappa shape index (κ1) is 16.8. The van der Waals surface area contributed by atoms with E-state index in [0.717, 1.165) is 5.56 Å². The third-order valence-corrected chi connectivity index (χ3v) is 4.81. The Bertz CT molecular complexity index is 891. The average Bonchev–Trinajstić information content (AvgIpc) is 3.04. The summed E-state index contributed by atoms with van der Waals surface area (Å²) in [5.74, 6) is 0.230. The molecule has 0 saturated heterocycles. The molecule has 0 amide bonds. The molecular weight excluding hydrogens is 329 g/mol. The number of benzene rings is 1. The minimum atomic E-state index is -0.611. The van der Waals surface area contributed by atoms with E-state index in [4.69, 9.17) is 0 Å². The second-order valence-electron chi connectivity index (χ2n) is 6.02. The number of thiophene rings is 1. The molecule has 3 rings (SSSR count). The van der Waals surface area contributed by atoms with E-state index in [0.29, 0.717) is 29.0 Å². The summed E-state index contributed by atoms with van der Waals surface area (Å²) < 4.78 is 13.6. The van der Waals surface area contributed by atoms with Gasteiger partial charge in [-0.2, -0.15) is 0 Å². The van der Waals surface area contributed by atoms with Crippen LogP contribution in [0, 0.1) is 5.82 Å². The number of halogens is 1. The van der Waals surface area contributed by atoms with Crippen LogP contribution in [0.4, 0.5) is 4.39 Å². The lowest BCUT2D eigenvalue weighted by Gasteiger charge is -2.29. The summed E-state index contributed by atoms with van der Waals surface area (Å²) in [6.07, 6.45) is 0.523. The molecule has 0 aliphatic carbocycles. The fraction of sp³-hybridized carbons (Fsp3) is 0.294. The minimum absolute atomic E-state index is 0.102. The summed E-state index contributed by atoms with van der Waals surface area (Å²) >= 11 is 1.36. The predicted octanol–water partition coefficient (Wildman–Crippen LogP) is 2.21. The molecule has 2 aromatic heterocycles. The summed E-state index contributed by atoms with van der Waals surface area (Å²) in [5, 5.41) is 14.8. The van der Waals surface area contributed by atoms with Crippen LogP contribution in [0.5, 0.6) is 0 Å². The number of hydrogen-bond donors (Lipinski definition) is 3. The van der Waals surface area contributed by atoms with Crippen molar-refractivity contribution >= 4 is 21.6 Å². The van der Waals surface area contributed by atoms with Crippen LogP contribution in [0.3, 0.4) is 0 Å². The summed E-state index contributed by atoms with van der Waals surface area (Å²) in [7, 11) is 0. The lowest BCUT2D eigenvalue weighted by atomic mass is 9.93. The van der Waals surface area contributed by atoms with Crippen molar-refractivity contribution in [2.75, 3.05) is 6.61 Å².